The Morgan fingerprint density at radius 3 is 2.62 bits per heavy atom. The van der Waals surface area contributed by atoms with Crippen molar-refractivity contribution in [2.75, 3.05) is 6.54 Å². The molecule has 138 valence electrons. The molecule has 1 aliphatic heterocycles. The first-order chi connectivity index (χ1) is 12.6. The minimum atomic E-state index is -0.790. The molecule has 2 aliphatic rings. The SMILES string of the molecule is O[C@@]1(c2ccccc2)CCN(Cc2c(F)cccc2Cl)[C@H]2CCCC[C@@H]21. The van der Waals surface area contributed by atoms with Crippen molar-refractivity contribution in [1.82, 2.24) is 4.90 Å². The Balaban J connectivity index is 1.63. The summed E-state index contributed by atoms with van der Waals surface area (Å²) in [5.41, 5.74) is 0.797. The highest BCUT2D eigenvalue weighted by molar-refractivity contribution is 6.31. The zero-order valence-electron chi connectivity index (χ0n) is 14.9. The highest BCUT2D eigenvalue weighted by atomic mass is 35.5. The van der Waals surface area contributed by atoms with Gasteiger partial charge >= 0.3 is 0 Å². The number of nitrogens with zero attached hydrogens (tertiary/aromatic N) is 1. The number of likely N-dealkylation sites (tertiary alicyclic amines) is 1. The molecule has 1 saturated heterocycles. The van der Waals surface area contributed by atoms with Crippen LogP contribution >= 0.6 is 11.6 Å². The average molecular weight is 374 g/mol. The first kappa shape index (κ1) is 18.0. The third-order valence-corrected chi connectivity index (χ3v) is 6.64. The zero-order valence-corrected chi connectivity index (χ0v) is 15.6. The molecule has 1 N–H and O–H groups in total. The number of rotatable bonds is 3. The molecule has 26 heavy (non-hydrogen) atoms. The minimum Gasteiger partial charge on any atom is -0.385 e. The summed E-state index contributed by atoms with van der Waals surface area (Å²) in [6.07, 6.45) is 5.03. The lowest BCUT2D eigenvalue weighted by Crippen LogP contribution is -2.57. The summed E-state index contributed by atoms with van der Waals surface area (Å²) in [6, 6.07) is 15.2. The summed E-state index contributed by atoms with van der Waals surface area (Å²) in [5.74, 6) is -0.0632. The van der Waals surface area contributed by atoms with E-state index in [9.17, 15) is 9.50 Å². The van der Waals surface area contributed by atoms with Gasteiger partial charge in [0.25, 0.3) is 0 Å². The van der Waals surface area contributed by atoms with E-state index in [1.54, 1.807) is 12.1 Å². The number of halogens is 2. The maximum atomic E-state index is 14.3. The molecule has 1 aliphatic carbocycles. The van der Waals surface area contributed by atoms with Crippen LogP contribution in [0.15, 0.2) is 48.5 Å². The zero-order chi connectivity index (χ0) is 18.1. The fraction of sp³-hybridized carbons (Fsp3) is 0.455. The van der Waals surface area contributed by atoms with E-state index in [1.165, 1.54) is 6.07 Å². The lowest BCUT2D eigenvalue weighted by atomic mass is 9.66. The highest BCUT2D eigenvalue weighted by Gasteiger charge is 2.49. The minimum absolute atomic E-state index is 0.179. The van der Waals surface area contributed by atoms with E-state index in [4.69, 9.17) is 11.6 Å². The Hall–Kier alpha value is -1.42. The molecule has 0 aromatic heterocycles. The maximum Gasteiger partial charge on any atom is 0.129 e. The van der Waals surface area contributed by atoms with Crippen LogP contribution in [0.2, 0.25) is 5.02 Å². The molecule has 0 unspecified atom stereocenters. The van der Waals surface area contributed by atoms with Gasteiger partial charge in [-0.1, -0.05) is 60.8 Å². The molecule has 4 heteroatoms. The third kappa shape index (κ3) is 3.17. The second kappa shape index (κ2) is 7.30. The van der Waals surface area contributed by atoms with Gasteiger partial charge < -0.3 is 5.11 Å². The van der Waals surface area contributed by atoms with Crippen molar-refractivity contribution < 1.29 is 9.50 Å². The predicted molar refractivity (Wildman–Crippen MR) is 103 cm³/mol. The van der Waals surface area contributed by atoms with Gasteiger partial charge in [0.15, 0.2) is 0 Å². The second-order valence-corrected chi connectivity index (χ2v) is 8.08. The van der Waals surface area contributed by atoms with E-state index >= 15 is 0 Å². The lowest BCUT2D eigenvalue weighted by molar-refractivity contribution is -0.123. The van der Waals surface area contributed by atoms with Crippen molar-refractivity contribution in [3.05, 3.63) is 70.5 Å². The summed E-state index contributed by atoms with van der Waals surface area (Å²) in [4.78, 5) is 2.34. The molecule has 0 amide bonds. The van der Waals surface area contributed by atoms with Crippen LogP contribution in [0.5, 0.6) is 0 Å². The molecule has 4 rings (SSSR count). The van der Waals surface area contributed by atoms with Gasteiger partial charge in [-0.2, -0.15) is 0 Å². The van der Waals surface area contributed by atoms with Gasteiger partial charge in [-0.25, -0.2) is 4.39 Å². The molecule has 2 aromatic rings. The fourth-order valence-corrected chi connectivity index (χ4v) is 5.16. The quantitative estimate of drug-likeness (QED) is 0.806. The van der Waals surface area contributed by atoms with Crippen molar-refractivity contribution in [1.29, 1.82) is 0 Å². The van der Waals surface area contributed by atoms with Crippen LogP contribution in [-0.2, 0) is 12.1 Å². The Labute approximate surface area is 159 Å². The second-order valence-electron chi connectivity index (χ2n) is 7.67. The molecule has 3 atom stereocenters. The van der Waals surface area contributed by atoms with Crippen LogP contribution in [0.25, 0.3) is 0 Å². The molecule has 1 heterocycles. The molecule has 0 bridgehead atoms. The van der Waals surface area contributed by atoms with Gasteiger partial charge in [-0.05, 0) is 37.0 Å². The van der Waals surface area contributed by atoms with E-state index in [1.807, 2.05) is 30.3 Å². The molecule has 0 radical (unpaired) electrons. The van der Waals surface area contributed by atoms with Crippen LogP contribution in [0.4, 0.5) is 4.39 Å². The predicted octanol–water partition coefficient (Wildman–Crippen LogP) is 5.13. The van der Waals surface area contributed by atoms with Crippen molar-refractivity contribution in [3.63, 3.8) is 0 Å². The molecular weight excluding hydrogens is 349 g/mol. The van der Waals surface area contributed by atoms with Crippen molar-refractivity contribution >= 4 is 11.6 Å². The van der Waals surface area contributed by atoms with E-state index < -0.39 is 5.60 Å². The first-order valence-corrected chi connectivity index (χ1v) is 9.92. The van der Waals surface area contributed by atoms with Crippen LogP contribution < -0.4 is 0 Å². The number of benzene rings is 2. The summed E-state index contributed by atoms with van der Waals surface area (Å²) in [5, 5.41) is 12.1. The van der Waals surface area contributed by atoms with Crippen LogP contribution in [0.3, 0.4) is 0 Å². The van der Waals surface area contributed by atoms with Gasteiger partial charge in [0.1, 0.15) is 5.82 Å². The Kier molecular flexibility index (Phi) is 5.05. The average Bonchev–Trinajstić information content (AvgIpc) is 2.67. The molecule has 1 saturated carbocycles. The van der Waals surface area contributed by atoms with Crippen molar-refractivity contribution in [3.8, 4) is 0 Å². The smallest absolute Gasteiger partial charge is 0.129 e. The summed E-state index contributed by atoms with van der Waals surface area (Å²) < 4.78 is 14.3. The van der Waals surface area contributed by atoms with E-state index in [0.717, 1.165) is 37.8 Å². The number of hydrogen-bond acceptors (Lipinski definition) is 2. The molecule has 2 aromatic carbocycles. The van der Waals surface area contributed by atoms with Crippen LogP contribution in [0.1, 0.15) is 43.2 Å². The van der Waals surface area contributed by atoms with Gasteiger partial charge in [0, 0.05) is 35.6 Å². The van der Waals surface area contributed by atoms with Crippen molar-refractivity contribution in [2.45, 2.75) is 50.3 Å². The van der Waals surface area contributed by atoms with Gasteiger partial charge in [0.05, 0.1) is 5.60 Å². The van der Waals surface area contributed by atoms with E-state index in [-0.39, 0.29) is 17.8 Å². The molecule has 2 nitrogen and oxygen atoms in total. The van der Waals surface area contributed by atoms with Crippen LogP contribution in [-0.4, -0.2) is 22.6 Å². The number of aliphatic hydroxyl groups is 1. The molecule has 2 fully saturated rings. The largest absolute Gasteiger partial charge is 0.385 e. The maximum absolute atomic E-state index is 14.3. The summed E-state index contributed by atoms with van der Waals surface area (Å²) in [7, 11) is 0. The van der Waals surface area contributed by atoms with Crippen molar-refractivity contribution in [2.24, 2.45) is 5.92 Å². The summed E-state index contributed by atoms with van der Waals surface area (Å²) in [6.45, 7) is 1.26. The Morgan fingerprint density at radius 2 is 1.85 bits per heavy atom. The Morgan fingerprint density at radius 1 is 1.08 bits per heavy atom. The Bertz CT molecular complexity index is 748. The molecule has 0 spiro atoms. The van der Waals surface area contributed by atoms with E-state index in [2.05, 4.69) is 4.90 Å². The molecular formula is C22H25ClFNO. The van der Waals surface area contributed by atoms with Gasteiger partial charge in [-0.3, -0.25) is 4.90 Å². The third-order valence-electron chi connectivity index (χ3n) is 6.29. The fourth-order valence-electron chi connectivity index (χ4n) is 4.94. The normalized spacial score (nSPS) is 29.3. The lowest BCUT2D eigenvalue weighted by Gasteiger charge is -2.52. The topological polar surface area (TPSA) is 23.5 Å². The number of fused-ring (bicyclic) bond motifs is 1. The van der Waals surface area contributed by atoms with Gasteiger partial charge in [-0.15, -0.1) is 0 Å². The van der Waals surface area contributed by atoms with E-state index in [0.29, 0.717) is 23.6 Å². The van der Waals surface area contributed by atoms with Crippen LogP contribution in [0, 0.1) is 11.7 Å². The first-order valence-electron chi connectivity index (χ1n) is 9.54. The monoisotopic (exact) mass is 373 g/mol. The highest BCUT2D eigenvalue weighted by Crippen LogP contribution is 2.47. The number of hydrogen-bond donors (Lipinski definition) is 1. The number of piperidine rings is 1. The summed E-state index contributed by atoms with van der Waals surface area (Å²) >= 11 is 6.26. The van der Waals surface area contributed by atoms with Gasteiger partial charge in [0.2, 0.25) is 0 Å². The standard InChI is InChI=1S/C22H25ClFNO/c23-19-10-6-11-20(24)17(19)15-25-14-13-22(26,16-7-2-1-3-8-16)18-9-4-5-12-21(18)25/h1-3,6-8,10-11,18,21,26H,4-5,9,12-15H2/t18-,21-,22+/m0/s1.